The SMILES string of the molecule is CCS(=O)(=O)c1ccc([C@H](COC(=O)NC)NC(=O)OCc2ccccc2)cc1. The predicted octanol–water partition coefficient (Wildman–Crippen LogP) is 2.80. The quantitative estimate of drug-likeness (QED) is 0.679. The highest BCUT2D eigenvalue weighted by Gasteiger charge is 2.19. The highest BCUT2D eigenvalue weighted by atomic mass is 32.2. The normalized spacial score (nSPS) is 11.9. The van der Waals surface area contributed by atoms with Crippen LogP contribution in [-0.2, 0) is 25.9 Å². The molecule has 2 aromatic rings. The number of hydrogen-bond acceptors (Lipinski definition) is 6. The first-order valence-electron chi connectivity index (χ1n) is 9.00. The second-order valence-corrected chi connectivity index (χ2v) is 8.36. The number of hydrogen-bond donors (Lipinski definition) is 2. The van der Waals surface area contributed by atoms with Crippen molar-refractivity contribution in [3.05, 3.63) is 65.7 Å². The van der Waals surface area contributed by atoms with Gasteiger partial charge in [0.15, 0.2) is 9.84 Å². The van der Waals surface area contributed by atoms with E-state index in [1.807, 2.05) is 30.3 Å². The molecule has 8 nitrogen and oxygen atoms in total. The van der Waals surface area contributed by atoms with Crippen molar-refractivity contribution in [2.24, 2.45) is 0 Å². The standard InChI is InChI=1S/C20H24N2O6S/c1-3-29(25,26)17-11-9-16(10-12-17)18(14-28-19(23)21-2)22-20(24)27-13-15-7-5-4-6-8-15/h4-12,18H,3,13-14H2,1-2H3,(H,21,23)(H,22,24)/t18-/m0/s1. The van der Waals surface area contributed by atoms with Crippen molar-refractivity contribution in [2.45, 2.75) is 24.5 Å². The minimum absolute atomic E-state index is 0.0143. The lowest BCUT2D eigenvalue weighted by molar-refractivity contribution is 0.116. The predicted molar refractivity (Wildman–Crippen MR) is 107 cm³/mol. The summed E-state index contributed by atoms with van der Waals surface area (Å²) in [7, 11) is -1.92. The average Bonchev–Trinajstić information content (AvgIpc) is 2.75. The molecule has 2 amide bonds. The Hall–Kier alpha value is -3.07. The molecule has 0 aliphatic rings. The van der Waals surface area contributed by atoms with E-state index >= 15 is 0 Å². The lowest BCUT2D eigenvalue weighted by Gasteiger charge is -2.19. The maximum atomic E-state index is 12.2. The smallest absolute Gasteiger partial charge is 0.408 e. The van der Waals surface area contributed by atoms with E-state index in [0.29, 0.717) is 5.56 Å². The third-order valence-electron chi connectivity index (χ3n) is 4.11. The Morgan fingerprint density at radius 2 is 1.62 bits per heavy atom. The fourth-order valence-electron chi connectivity index (χ4n) is 2.43. The summed E-state index contributed by atoms with van der Waals surface area (Å²) < 4.78 is 34.2. The fraction of sp³-hybridized carbons (Fsp3) is 0.300. The molecule has 0 radical (unpaired) electrons. The van der Waals surface area contributed by atoms with Crippen LogP contribution in [0.1, 0.15) is 24.1 Å². The summed E-state index contributed by atoms with van der Waals surface area (Å²) in [6, 6.07) is 14.5. The summed E-state index contributed by atoms with van der Waals surface area (Å²) in [5.74, 6) is -0.0143. The molecule has 0 fully saturated rings. The van der Waals surface area contributed by atoms with Crippen LogP contribution in [0.2, 0.25) is 0 Å². The molecule has 0 unspecified atom stereocenters. The molecule has 156 valence electrons. The summed E-state index contributed by atoms with van der Waals surface area (Å²) in [6.07, 6.45) is -1.34. The Morgan fingerprint density at radius 3 is 2.21 bits per heavy atom. The zero-order valence-electron chi connectivity index (χ0n) is 16.3. The molecule has 0 aliphatic carbocycles. The number of rotatable bonds is 8. The summed E-state index contributed by atoms with van der Waals surface area (Å²) in [4.78, 5) is 23.8. The molecule has 2 rings (SSSR count). The third-order valence-corrected chi connectivity index (χ3v) is 5.86. The number of carbonyl (C=O) groups is 2. The Labute approximate surface area is 170 Å². The maximum Gasteiger partial charge on any atom is 0.408 e. The molecule has 29 heavy (non-hydrogen) atoms. The monoisotopic (exact) mass is 420 g/mol. The summed E-state index contributed by atoms with van der Waals surface area (Å²) in [5.41, 5.74) is 1.40. The van der Waals surface area contributed by atoms with Crippen molar-refractivity contribution < 1.29 is 27.5 Å². The van der Waals surface area contributed by atoms with E-state index in [0.717, 1.165) is 5.56 Å². The molecule has 0 heterocycles. The number of alkyl carbamates (subject to hydrolysis) is 2. The van der Waals surface area contributed by atoms with E-state index in [1.54, 1.807) is 19.1 Å². The van der Waals surface area contributed by atoms with Crippen LogP contribution in [0.15, 0.2) is 59.5 Å². The maximum absolute atomic E-state index is 12.2. The van der Waals surface area contributed by atoms with Gasteiger partial charge in [0, 0.05) is 7.05 Å². The van der Waals surface area contributed by atoms with Gasteiger partial charge in [-0.3, -0.25) is 0 Å². The van der Waals surface area contributed by atoms with Crippen LogP contribution in [0.5, 0.6) is 0 Å². The van der Waals surface area contributed by atoms with Gasteiger partial charge in [-0.2, -0.15) is 0 Å². The van der Waals surface area contributed by atoms with E-state index in [2.05, 4.69) is 10.6 Å². The van der Waals surface area contributed by atoms with Gasteiger partial charge in [0.2, 0.25) is 0 Å². The van der Waals surface area contributed by atoms with E-state index in [4.69, 9.17) is 9.47 Å². The van der Waals surface area contributed by atoms with Gasteiger partial charge < -0.3 is 20.1 Å². The molecule has 0 aromatic heterocycles. The van der Waals surface area contributed by atoms with Gasteiger partial charge in [0.1, 0.15) is 13.2 Å². The zero-order chi connectivity index (χ0) is 21.3. The molecule has 2 aromatic carbocycles. The highest BCUT2D eigenvalue weighted by Crippen LogP contribution is 2.18. The third kappa shape index (κ3) is 6.79. The van der Waals surface area contributed by atoms with Crippen LogP contribution >= 0.6 is 0 Å². The number of ether oxygens (including phenoxy) is 2. The Bertz CT molecular complexity index is 914. The number of amides is 2. The van der Waals surface area contributed by atoms with Crippen LogP contribution in [-0.4, -0.2) is 40.0 Å². The van der Waals surface area contributed by atoms with Gasteiger partial charge in [-0.25, -0.2) is 18.0 Å². The van der Waals surface area contributed by atoms with Gasteiger partial charge in [0.25, 0.3) is 0 Å². The van der Waals surface area contributed by atoms with E-state index in [1.165, 1.54) is 19.2 Å². The summed E-state index contributed by atoms with van der Waals surface area (Å²) in [6.45, 7) is 1.50. The Balaban J connectivity index is 2.09. The second kappa shape index (κ2) is 10.5. The summed E-state index contributed by atoms with van der Waals surface area (Å²) in [5, 5.41) is 4.96. The van der Waals surface area contributed by atoms with E-state index < -0.39 is 28.1 Å². The average molecular weight is 420 g/mol. The van der Waals surface area contributed by atoms with Crippen molar-refractivity contribution in [3.63, 3.8) is 0 Å². The van der Waals surface area contributed by atoms with Crippen LogP contribution in [0, 0.1) is 0 Å². The Kier molecular flexibility index (Phi) is 8.02. The van der Waals surface area contributed by atoms with Gasteiger partial charge in [0.05, 0.1) is 16.7 Å². The van der Waals surface area contributed by atoms with Crippen molar-refractivity contribution in [3.8, 4) is 0 Å². The molecule has 0 saturated heterocycles. The largest absolute Gasteiger partial charge is 0.447 e. The minimum Gasteiger partial charge on any atom is -0.447 e. The second-order valence-electron chi connectivity index (χ2n) is 6.08. The van der Waals surface area contributed by atoms with Crippen molar-refractivity contribution in [1.29, 1.82) is 0 Å². The Morgan fingerprint density at radius 1 is 0.966 bits per heavy atom. The van der Waals surface area contributed by atoms with Crippen molar-refractivity contribution >= 4 is 22.0 Å². The van der Waals surface area contributed by atoms with Crippen LogP contribution in [0.25, 0.3) is 0 Å². The molecule has 0 bridgehead atoms. The van der Waals surface area contributed by atoms with Gasteiger partial charge >= 0.3 is 12.2 Å². The lowest BCUT2D eigenvalue weighted by Crippen LogP contribution is -2.34. The van der Waals surface area contributed by atoms with Gasteiger partial charge in [-0.05, 0) is 23.3 Å². The molecular formula is C20H24N2O6S. The first-order valence-corrected chi connectivity index (χ1v) is 10.7. The number of sulfone groups is 1. The molecule has 0 saturated carbocycles. The number of benzene rings is 2. The minimum atomic E-state index is -3.34. The highest BCUT2D eigenvalue weighted by molar-refractivity contribution is 7.91. The fourth-order valence-corrected chi connectivity index (χ4v) is 3.32. The van der Waals surface area contributed by atoms with E-state index in [-0.39, 0.29) is 23.9 Å². The van der Waals surface area contributed by atoms with Crippen molar-refractivity contribution in [1.82, 2.24) is 10.6 Å². The van der Waals surface area contributed by atoms with Gasteiger partial charge in [-0.1, -0.05) is 49.4 Å². The van der Waals surface area contributed by atoms with E-state index in [9.17, 15) is 18.0 Å². The molecular weight excluding hydrogens is 396 g/mol. The zero-order valence-corrected chi connectivity index (χ0v) is 17.1. The van der Waals surface area contributed by atoms with Gasteiger partial charge in [-0.15, -0.1) is 0 Å². The van der Waals surface area contributed by atoms with Crippen molar-refractivity contribution in [2.75, 3.05) is 19.4 Å². The van der Waals surface area contributed by atoms with Crippen LogP contribution in [0.4, 0.5) is 9.59 Å². The molecule has 9 heteroatoms. The topological polar surface area (TPSA) is 111 Å². The molecule has 1 atom stereocenters. The number of carbonyl (C=O) groups excluding carboxylic acids is 2. The number of nitrogens with one attached hydrogen (secondary N) is 2. The van der Waals surface area contributed by atoms with Crippen LogP contribution < -0.4 is 10.6 Å². The molecule has 0 spiro atoms. The lowest BCUT2D eigenvalue weighted by atomic mass is 10.1. The molecule has 0 aliphatic heterocycles. The first kappa shape index (κ1) is 22.2. The van der Waals surface area contributed by atoms with Crippen LogP contribution in [0.3, 0.4) is 0 Å². The molecule has 2 N–H and O–H groups in total. The summed E-state index contributed by atoms with van der Waals surface area (Å²) >= 11 is 0. The first-order chi connectivity index (χ1) is 13.9.